The Bertz CT molecular complexity index is 418. The van der Waals surface area contributed by atoms with Crippen molar-refractivity contribution in [3.8, 4) is 11.5 Å². The van der Waals surface area contributed by atoms with E-state index in [1.165, 1.54) is 6.07 Å². The molecule has 0 aliphatic carbocycles. The van der Waals surface area contributed by atoms with Gasteiger partial charge in [-0.2, -0.15) is 0 Å². The zero-order chi connectivity index (χ0) is 13.7. The van der Waals surface area contributed by atoms with Gasteiger partial charge in [-0.15, -0.1) is 0 Å². The average Bonchev–Trinajstić information content (AvgIpc) is 2.38. The maximum Gasteiger partial charge on any atom is 0.222 e. The lowest BCUT2D eigenvalue weighted by Gasteiger charge is -2.19. The van der Waals surface area contributed by atoms with Gasteiger partial charge in [0, 0.05) is 13.0 Å². The Morgan fingerprint density at radius 2 is 2.00 bits per heavy atom. The molecule has 0 aliphatic heterocycles. The molecule has 18 heavy (non-hydrogen) atoms. The molecule has 0 saturated heterocycles. The summed E-state index contributed by atoms with van der Waals surface area (Å²) < 4.78 is 0. The molecule has 4 nitrogen and oxygen atoms in total. The second-order valence-corrected chi connectivity index (χ2v) is 4.60. The van der Waals surface area contributed by atoms with Crippen molar-refractivity contribution in [2.24, 2.45) is 5.92 Å². The van der Waals surface area contributed by atoms with Gasteiger partial charge in [0.15, 0.2) is 11.5 Å². The van der Waals surface area contributed by atoms with E-state index in [4.69, 9.17) is 0 Å². The summed E-state index contributed by atoms with van der Waals surface area (Å²) in [5.41, 5.74) is 0.948. The van der Waals surface area contributed by atoms with Crippen LogP contribution in [0, 0.1) is 5.92 Å². The van der Waals surface area contributed by atoms with Gasteiger partial charge in [-0.05, 0) is 36.5 Å². The van der Waals surface area contributed by atoms with Gasteiger partial charge in [0.2, 0.25) is 5.91 Å². The fourth-order valence-electron chi connectivity index (χ4n) is 2.11. The number of carbonyl (C=O) groups excluding carboxylic acids is 1. The minimum atomic E-state index is -0.118. The highest BCUT2D eigenvalue weighted by Gasteiger charge is 2.19. The number of phenols is 2. The first-order valence-electron chi connectivity index (χ1n) is 6.23. The SMILES string of the molecule is CCC(CC(C)C(=O)NC)c1ccc(O)c(O)c1. The molecule has 2 unspecified atom stereocenters. The normalized spacial score (nSPS) is 13.9. The number of amides is 1. The third-order valence-corrected chi connectivity index (χ3v) is 3.30. The standard InChI is InChI=1S/C14H21NO3/c1-4-10(7-9(2)14(18)15-3)11-5-6-12(16)13(17)8-11/h5-6,8-10,16-17H,4,7H2,1-3H3,(H,15,18). The Kier molecular flexibility index (Phi) is 5.01. The molecule has 1 aromatic carbocycles. The lowest BCUT2D eigenvalue weighted by Crippen LogP contribution is -2.26. The summed E-state index contributed by atoms with van der Waals surface area (Å²) in [5.74, 6) is -0.0809. The molecule has 1 amide bonds. The van der Waals surface area contributed by atoms with E-state index in [9.17, 15) is 15.0 Å². The number of nitrogens with one attached hydrogen (secondary N) is 1. The van der Waals surface area contributed by atoms with Gasteiger partial charge in [-0.1, -0.05) is 19.9 Å². The number of benzene rings is 1. The second kappa shape index (κ2) is 6.28. The van der Waals surface area contributed by atoms with Gasteiger partial charge in [-0.25, -0.2) is 0 Å². The molecular formula is C14H21NO3. The minimum absolute atomic E-state index is 0.0245. The van der Waals surface area contributed by atoms with Crippen molar-refractivity contribution in [2.45, 2.75) is 32.6 Å². The third kappa shape index (κ3) is 3.39. The molecule has 1 aromatic rings. The fraction of sp³-hybridized carbons (Fsp3) is 0.500. The topological polar surface area (TPSA) is 69.6 Å². The highest BCUT2D eigenvalue weighted by molar-refractivity contribution is 5.77. The van der Waals surface area contributed by atoms with Crippen LogP contribution in [0.4, 0.5) is 0 Å². The van der Waals surface area contributed by atoms with Crippen molar-refractivity contribution in [3.63, 3.8) is 0 Å². The molecule has 1 rings (SSSR count). The van der Waals surface area contributed by atoms with Crippen LogP contribution < -0.4 is 5.32 Å². The molecule has 0 spiro atoms. The number of hydrogen-bond donors (Lipinski definition) is 3. The highest BCUT2D eigenvalue weighted by atomic mass is 16.3. The Morgan fingerprint density at radius 3 is 2.50 bits per heavy atom. The van der Waals surface area contributed by atoms with Crippen molar-refractivity contribution in [2.75, 3.05) is 7.05 Å². The predicted octanol–water partition coefficient (Wildman–Crippen LogP) is 2.36. The van der Waals surface area contributed by atoms with E-state index in [1.807, 2.05) is 13.8 Å². The van der Waals surface area contributed by atoms with Crippen LogP contribution in [0.3, 0.4) is 0 Å². The zero-order valence-electron chi connectivity index (χ0n) is 11.1. The molecule has 4 heteroatoms. The molecular weight excluding hydrogens is 230 g/mol. The van der Waals surface area contributed by atoms with E-state index in [2.05, 4.69) is 5.32 Å². The van der Waals surface area contributed by atoms with E-state index >= 15 is 0 Å². The van der Waals surface area contributed by atoms with Crippen LogP contribution >= 0.6 is 0 Å². The summed E-state index contributed by atoms with van der Waals surface area (Å²) in [5, 5.41) is 21.4. The van der Waals surface area contributed by atoms with Crippen LogP contribution in [0.15, 0.2) is 18.2 Å². The van der Waals surface area contributed by atoms with Crippen molar-refractivity contribution < 1.29 is 15.0 Å². The Labute approximate surface area is 108 Å². The first-order chi connectivity index (χ1) is 8.49. The maximum atomic E-state index is 11.5. The Morgan fingerprint density at radius 1 is 1.33 bits per heavy atom. The van der Waals surface area contributed by atoms with E-state index in [0.29, 0.717) is 0 Å². The number of aromatic hydroxyl groups is 2. The fourth-order valence-corrected chi connectivity index (χ4v) is 2.11. The monoisotopic (exact) mass is 251 g/mol. The highest BCUT2D eigenvalue weighted by Crippen LogP contribution is 2.33. The lowest BCUT2D eigenvalue weighted by atomic mass is 9.87. The number of rotatable bonds is 5. The molecule has 3 N–H and O–H groups in total. The lowest BCUT2D eigenvalue weighted by molar-refractivity contribution is -0.124. The number of hydrogen-bond acceptors (Lipinski definition) is 3. The minimum Gasteiger partial charge on any atom is -0.504 e. The summed E-state index contributed by atoms with van der Waals surface area (Å²) >= 11 is 0. The van der Waals surface area contributed by atoms with Crippen LogP contribution in [0.25, 0.3) is 0 Å². The smallest absolute Gasteiger partial charge is 0.222 e. The Hall–Kier alpha value is -1.71. The quantitative estimate of drug-likeness (QED) is 0.704. The van der Waals surface area contributed by atoms with Crippen molar-refractivity contribution in [3.05, 3.63) is 23.8 Å². The van der Waals surface area contributed by atoms with E-state index in [-0.39, 0.29) is 29.2 Å². The van der Waals surface area contributed by atoms with Gasteiger partial charge >= 0.3 is 0 Å². The van der Waals surface area contributed by atoms with Crippen LogP contribution in [-0.2, 0) is 4.79 Å². The average molecular weight is 251 g/mol. The van der Waals surface area contributed by atoms with Crippen molar-refractivity contribution in [1.82, 2.24) is 5.32 Å². The van der Waals surface area contributed by atoms with Gasteiger partial charge in [0.1, 0.15) is 0 Å². The summed E-state index contributed by atoms with van der Waals surface area (Å²) in [6.07, 6.45) is 1.60. The summed E-state index contributed by atoms with van der Waals surface area (Å²) in [4.78, 5) is 11.5. The molecule has 0 saturated carbocycles. The van der Waals surface area contributed by atoms with E-state index < -0.39 is 0 Å². The van der Waals surface area contributed by atoms with Crippen LogP contribution in [-0.4, -0.2) is 23.2 Å². The molecule has 0 radical (unpaired) electrons. The van der Waals surface area contributed by atoms with Crippen molar-refractivity contribution in [1.29, 1.82) is 0 Å². The number of phenolic OH excluding ortho intramolecular Hbond substituents is 2. The van der Waals surface area contributed by atoms with E-state index in [0.717, 1.165) is 18.4 Å². The van der Waals surface area contributed by atoms with Gasteiger partial charge in [-0.3, -0.25) is 4.79 Å². The molecule has 2 atom stereocenters. The van der Waals surface area contributed by atoms with Gasteiger partial charge in [0.25, 0.3) is 0 Å². The van der Waals surface area contributed by atoms with Crippen LogP contribution in [0.1, 0.15) is 38.2 Å². The number of carbonyl (C=O) groups is 1. The molecule has 100 valence electrons. The van der Waals surface area contributed by atoms with Gasteiger partial charge in [0.05, 0.1) is 0 Å². The van der Waals surface area contributed by atoms with Crippen LogP contribution in [0.5, 0.6) is 11.5 Å². The largest absolute Gasteiger partial charge is 0.504 e. The summed E-state index contributed by atoms with van der Waals surface area (Å²) in [6, 6.07) is 4.84. The molecule has 0 heterocycles. The molecule has 0 bridgehead atoms. The Balaban J connectivity index is 2.82. The maximum absolute atomic E-state index is 11.5. The first-order valence-corrected chi connectivity index (χ1v) is 6.23. The predicted molar refractivity (Wildman–Crippen MR) is 70.7 cm³/mol. The van der Waals surface area contributed by atoms with Gasteiger partial charge < -0.3 is 15.5 Å². The first kappa shape index (κ1) is 14.4. The molecule has 0 aromatic heterocycles. The van der Waals surface area contributed by atoms with E-state index in [1.54, 1.807) is 19.2 Å². The zero-order valence-corrected chi connectivity index (χ0v) is 11.1. The second-order valence-electron chi connectivity index (χ2n) is 4.60. The van der Waals surface area contributed by atoms with Crippen LogP contribution in [0.2, 0.25) is 0 Å². The molecule has 0 aliphatic rings. The molecule has 0 fully saturated rings. The third-order valence-electron chi connectivity index (χ3n) is 3.30. The summed E-state index contributed by atoms with van der Waals surface area (Å²) in [7, 11) is 1.63. The summed E-state index contributed by atoms with van der Waals surface area (Å²) in [6.45, 7) is 3.94. The van der Waals surface area contributed by atoms with Crippen molar-refractivity contribution >= 4 is 5.91 Å².